The van der Waals surface area contributed by atoms with Crippen molar-refractivity contribution in [1.29, 1.82) is 0 Å². The highest BCUT2D eigenvalue weighted by Gasteiger charge is 2.35. The third-order valence-corrected chi connectivity index (χ3v) is 6.15. The Bertz CT molecular complexity index is 945. The molecule has 3 rings (SSSR count). The van der Waals surface area contributed by atoms with Gasteiger partial charge in [0, 0.05) is 6.54 Å². The van der Waals surface area contributed by atoms with Crippen molar-refractivity contribution >= 4 is 21.6 Å². The van der Waals surface area contributed by atoms with Gasteiger partial charge in [-0.2, -0.15) is 0 Å². The maximum absolute atomic E-state index is 12.7. The van der Waals surface area contributed by atoms with Gasteiger partial charge in [0.25, 0.3) is 5.91 Å². The number of fused-ring (bicyclic) bond motifs is 1. The molecule has 0 saturated carbocycles. The van der Waals surface area contributed by atoms with Crippen molar-refractivity contribution < 1.29 is 22.7 Å². The summed E-state index contributed by atoms with van der Waals surface area (Å²) in [5.74, 6) is 0.689. The van der Waals surface area contributed by atoms with E-state index in [9.17, 15) is 13.2 Å². The minimum Gasteiger partial charge on any atom is -0.494 e. The number of nitrogens with zero attached hydrogens (tertiary/aromatic N) is 1. The Balaban J connectivity index is 1.73. The van der Waals surface area contributed by atoms with Crippen LogP contribution in [0.15, 0.2) is 48.5 Å². The molecule has 1 aliphatic rings. The van der Waals surface area contributed by atoms with E-state index in [1.807, 2.05) is 31.2 Å². The van der Waals surface area contributed by atoms with E-state index in [2.05, 4.69) is 5.32 Å². The fraction of sp³-hybridized carbons (Fsp3) is 0.350. The van der Waals surface area contributed by atoms with Gasteiger partial charge in [0.1, 0.15) is 11.5 Å². The molecule has 2 aromatic carbocycles. The van der Waals surface area contributed by atoms with E-state index < -0.39 is 16.1 Å². The maximum atomic E-state index is 12.7. The van der Waals surface area contributed by atoms with Crippen LogP contribution in [0.5, 0.6) is 11.5 Å². The van der Waals surface area contributed by atoms with Crippen molar-refractivity contribution in [3.05, 3.63) is 54.1 Å². The van der Waals surface area contributed by atoms with Gasteiger partial charge in [-0.25, -0.2) is 8.42 Å². The Morgan fingerprint density at radius 3 is 2.75 bits per heavy atom. The molecule has 0 bridgehead atoms. The van der Waals surface area contributed by atoms with Gasteiger partial charge in [0.2, 0.25) is 10.0 Å². The Morgan fingerprint density at radius 1 is 1.21 bits per heavy atom. The summed E-state index contributed by atoms with van der Waals surface area (Å²) < 4.78 is 37.5. The van der Waals surface area contributed by atoms with E-state index in [1.165, 1.54) is 4.31 Å². The largest absolute Gasteiger partial charge is 0.494 e. The van der Waals surface area contributed by atoms with Crippen LogP contribution in [0.2, 0.25) is 0 Å². The van der Waals surface area contributed by atoms with Gasteiger partial charge in [0.15, 0.2) is 6.10 Å². The second-order valence-electron chi connectivity index (χ2n) is 6.30. The number of hydrogen-bond donors (Lipinski definition) is 1. The zero-order valence-corrected chi connectivity index (χ0v) is 16.7. The molecule has 1 amide bonds. The summed E-state index contributed by atoms with van der Waals surface area (Å²) in [5.41, 5.74) is 1.34. The van der Waals surface area contributed by atoms with E-state index in [0.717, 1.165) is 11.3 Å². The predicted molar refractivity (Wildman–Crippen MR) is 107 cm³/mol. The van der Waals surface area contributed by atoms with Crippen molar-refractivity contribution in [3.8, 4) is 11.5 Å². The third kappa shape index (κ3) is 4.39. The smallest absolute Gasteiger partial charge is 0.263 e. The van der Waals surface area contributed by atoms with Crippen LogP contribution in [0.25, 0.3) is 0 Å². The summed E-state index contributed by atoms with van der Waals surface area (Å²) in [4.78, 5) is 12.7. The summed E-state index contributed by atoms with van der Waals surface area (Å²) in [6.45, 7) is 4.28. The lowest BCUT2D eigenvalue weighted by molar-refractivity contribution is -0.127. The Kier molecular flexibility index (Phi) is 6.08. The third-order valence-electron chi connectivity index (χ3n) is 4.40. The molecule has 0 aliphatic carbocycles. The second-order valence-corrected chi connectivity index (χ2v) is 8.49. The van der Waals surface area contributed by atoms with Crippen LogP contribution in [0.3, 0.4) is 0 Å². The summed E-state index contributed by atoms with van der Waals surface area (Å²) in [6, 6.07) is 14.3. The summed E-state index contributed by atoms with van der Waals surface area (Å²) in [5, 5.41) is 2.82. The number of benzene rings is 2. The molecule has 0 radical (unpaired) electrons. The fourth-order valence-electron chi connectivity index (χ4n) is 2.97. The minimum atomic E-state index is -3.52. The van der Waals surface area contributed by atoms with E-state index in [-0.39, 0.29) is 18.2 Å². The van der Waals surface area contributed by atoms with Crippen LogP contribution in [0, 0.1) is 0 Å². The second kappa shape index (κ2) is 8.52. The zero-order chi connectivity index (χ0) is 20.1. The topological polar surface area (TPSA) is 84.9 Å². The number of para-hydroxylation sites is 2. The highest BCUT2D eigenvalue weighted by molar-refractivity contribution is 7.92. The number of anilines is 1. The van der Waals surface area contributed by atoms with E-state index >= 15 is 0 Å². The molecule has 1 aliphatic heterocycles. The van der Waals surface area contributed by atoms with Crippen LogP contribution in [0.4, 0.5) is 5.69 Å². The van der Waals surface area contributed by atoms with Gasteiger partial charge in [-0.1, -0.05) is 24.3 Å². The molecule has 0 spiro atoms. The van der Waals surface area contributed by atoms with Crippen LogP contribution in [-0.2, 0) is 21.4 Å². The standard InChI is InChI=1S/C20H24N2O5S/c1-3-26-16-9-7-8-15(12-16)13-21-20(23)19-14-22(28(24,25)4-2)17-10-5-6-11-18(17)27-19/h5-12,19H,3-4,13-14H2,1-2H3,(H,21,23)/t19-/m0/s1. The summed E-state index contributed by atoms with van der Waals surface area (Å²) in [7, 11) is -3.52. The van der Waals surface area contributed by atoms with Gasteiger partial charge in [-0.15, -0.1) is 0 Å². The molecule has 0 fully saturated rings. The average Bonchev–Trinajstić information content (AvgIpc) is 2.71. The van der Waals surface area contributed by atoms with Gasteiger partial charge < -0.3 is 14.8 Å². The first kappa shape index (κ1) is 20.0. The Morgan fingerprint density at radius 2 is 2.00 bits per heavy atom. The molecule has 0 unspecified atom stereocenters. The number of carbonyl (C=O) groups excluding carboxylic acids is 1. The molecule has 150 valence electrons. The molecule has 1 N–H and O–H groups in total. The van der Waals surface area contributed by atoms with Gasteiger partial charge in [0.05, 0.1) is 24.6 Å². The van der Waals surface area contributed by atoms with Crippen LogP contribution >= 0.6 is 0 Å². The zero-order valence-electron chi connectivity index (χ0n) is 15.9. The normalized spacial score (nSPS) is 16.1. The Labute approximate surface area is 165 Å². The summed E-state index contributed by atoms with van der Waals surface area (Å²) >= 11 is 0. The maximum Gasteiger partial charge on any atom is 0.263 e. The first-order valence-corrected chi connectivity index (χ1v) is 10.8. The highest BCUT2D eigenvalue weighted by atomic mass is 32.2. The van der Waals surface area contributed by atoms with E-state index in [4.69, 9.17) is 9.47 Å². The van der Waals surface area contributed by atoms with Crippen molar-refractivity contribution in [2.75, 3.05) is 23.2 Å². The van der Waals surface area contributed by atoms with Crippen LogP contribution in [0.1, 0.15) is 19.4 Å². The van der Waals surface area contributed by atoms with Gasteiger partial charge in [-0.05, 0) is 43.7 Å². The van der Waals surface area contributed by atoms with Crippen molar-refractivity contribution in [2.24, 2.45) is 0 Å². The number of nitrogens with one attached hydrogen (secondary N) is 1. The lowest BCUT2D eigenvalue weighted by Crippen LogP contribution is -2.50. The number of sulfonamides is 1. The number of rotatable bonds is 7. The van der Waals surface area contributed by atoms with Gasteiger partial charge in [-0.3, -0.25) is 9.10 Å². The molecular weight excluding hydrogens is 380 g/mol. The highest BCUT2D eigenvalue weighted by Crippen LogP contribution is 2.35. The average molecular weight is 404 g/mol. The van der Waals surface area contributed by atoms with Crippen molar-refractivity contribution in [1.82, 2.24) is 5.32 Å². The molecule has 28 heavy (non-hydrogen) atoms. The molecular formula is C20H24N2O5S. The minimum absolute atomic E-state index is 0.0557. The lowest BCUT2D eigenvalue weighted by atomic mass is 10.2. The number of amides is 1. The molecule has 2 aromatic rings. The Hall–Kier alpha value is -2.74. The first-order chi connectivity index (χ1) is 13.4. The van der Waals surface area contributed by atoms with Crippen LogP contribution < -0.4 is 19.1 Å². The number of ether oxygens (including phenoxy) is 2. The van der Waals surface area contributed by atoms with E-state index in [1.54, 1.807) is 31.2 Å². The molecule has 0 saturated heterocycles. The van der Waals surface area contributed by atoms with Crippen LogP contribution in [-0.4, -0.2) is 39.3 Å². The molecule has 1 heterocycles. The molecule has 1 atom stereocenters. The van der Waals surface area contributed by atoms with Gasteiger partial charge >= 0.3 is 0 Å². The monoisotopic (exact) mass is 404 g/mol. The quantitative estimate of drug-likeness (QED) is 0.766. The predicted octanol–water partition coefficient (Wildman–Crippen LogP) is 2.32. The number of carbonyl (C=O) groups is 1. The van der Waals surface area contributed by atoms with Crippen molar-refractivity contribution in [3.63, 3.8) is 0 Å². The first-order valence-electron chi connectivity index (χ1n) is 9.20. The summed E-state index contributed by atoms with van der Waals surface area (Å²) in [6.07, 6.45) is -0.925. The SMILES string of the molecule is CCOc1cccc(CNC(=O)[C@@H]2CN(S(=O)(=O)CC)c3ccccc3O2)c1. The fourth-order valence-corrected chi connectivity index (χ4v) is 4.10. The van der Waals surface area contributed by atoms with E-state index in [0.29, 0.717) is 24.6 Å². The molecule has 0 aromatic heterocycles. The number of hydrogen-bond acceptors (Lipinski definition) is 5. The molecule has 8 heteroatoms. The van der Waals surface area contributed by atoms with Crippen molar-refractivity contribution in [2.45, 2.75) is 26.5 Å². The lowest BCUT2D eigenvalue weighted by Gasteiger charge is -2.34. The molecule has 7 nitrogen and oxygen atoms in total.